The van der Waals surface area contributed by atoms with Gasteiger partial charge >= 0.3 is 0 Å². The van der Waals surface area contributed by atoms with E-state index >= 15 is 0 Å². The maximum atomic E-state index is 9.57. The van der Waals surface area contributed by atoms with Crippen LogP contribution < -0.4 is 5.32 Å². The van der Waals surface area contributed by atoms with Crippen molar-refractivity contribution in [1.82, 2.24) is 10.3 Å². The lowest BCUT2D eigenvalue weighted by molar-refractivity contribution is 0.0177. The Bertz CT molecular complexity index is 241. The number of pyridine rings is 1. The van der Waals surface area contributed by atoms with Crippen LogP contribution in [0.25, 0.3) is 0 Å². The summed E-state index contributed by atoms with van der Waals surface area (Å²) in [7, 11) is 1.72. The molecule has 2 unspecified atom stereocenters. The Morgan fingerprint density at radius 2 is 2.23 bits per heavy atom. The van der Waals surface area contributed by atoms with E-state index in [1.165, 1.54) is 0 Å². The minimum atomic E-state index is -0.923. The number of aliphatic hydroxyl groups is 2. The largest absolute Gasteiger partial charge is 0.389 e. The predicted molar refractivity (Wildman–Crippen MR) is 49.1 cm³/mol. The van der Waals surface area contributed by atoms with E-state index in [4.69, 9.17) is 0 Å². The van der Waals surface area contributed by atoms with Crippen molar-refractivity contribution in [1.29, 1.82) is 0 Å². The van der Waals surface area contributed by atoms with E-state index in [1.807, 2.05) is 0 Å². The zero-order valence-corrected chi connectivity index (χ0v) is 7.51. The highest BCUT2D eigenvalue weighted by atomic mass is 16.3. The molecular formula is C9H14N2O2. The van der Waals surface area contributed by atoms with Gasteiger partial charge < -0.3 is 15.5 Å². The molecule has 2 atom stereocenters. The third kappa shape index (κ3) is 2.77. The number of likely N-dealkylation sites (N-methyl/N-ethyl adjacent to an activating group) is 1. The average Bonchev–Trinajstić information content (AvgIpc) is 2.18. The Labute approximate surface area is 77.2 Å². The summed E-state index contributed by atoms with van der Waals surface area (Å²) in [5.41, 5.74) is 0.491. The van der Waals surface area contributed by atoms with Gasteiger partial charge in [0.25, 0.3) is 0 Å². The molecule has 0 bridgehead atoms. The molecule has 1 aromatic rings. The normalized spacial score (nSPS) is 15.3. The number of hydrogen-bond donors (Lipinski definition) is 3. The van der Waals surface area contributed by atoms with Crippen molar-refractivity contribution in [2.75, 3.05) is 13.6 Å². The zero-order chi connectivity index (χ0) is 9.68. The summed E-state index contributed by atoms with van der Waals surface area (Å²) in [5, 5.41) is 21.8. The van der Waals surface area contributed by atoms with Gasteiger partial charge in [0.05, 0.1) is 11.8 Å². The van der Waals surface area contributed by atoms with Gasteiger partial charge in [0.15, 0.2) is 0 Å². The van der Waals surface area contributed by atoms with Gasteiger partial charge in [-0.05, 0) is 19.2 Å². The summed E-state index contributed by atoms with van der Waals surface area (Å²) in [6.45, 7) is 0.345. The van der Waals surface area contributed by atoms with Crippen LogP contribution in [0.3, 0.4) is 0 Å². The van der Waals surface area contributed by atoms with Gasteiger partial charge in [0, 0.05) is 12.7 Å². The highest BCUT2D eigenvalue weighted by molar-refractivity contribution is 5.08. The van der Waals surface area contributed by atoms with Crippen LogP contribution in [0.5, 0.6) is 0 Å². The first-order chi connectivity index (χ1) is 6.25. The topological polar surface area (TPSA) is 65.4 Å². The first-order valence-electron chi connectivity index (χ1n) is 4.17. The SMILES string of the molecule is CNCC(O)C(O)c1ccccn1. The van der Waals surface area contributed by atoms with Crippen LogP contribution in [0.4, 0.5) is 0 Å². The minimum absolute atomic E-state index is 0.345. The van der Waals surface area contributed by atoms with Crippen molar-refractivity contribution in [2.45, 2.75) is 12.2 Å². The van der Waals surface area contributed by atoms with Crippen LogP contribution in [-0.2, 0) is 0 Å². The van der Waals surface area contributed by atoms with Crippen LogP contribution in [0, 0.1) is 0 Å². The van der Waals surface area contributed by atoms with E-state index in [0.29, 0.717) is 12.2 Å². The summed E-state index contributed by atoms with van der Waals surface area (Å²) < 4.78 is 0. The fourth-order valence-corrected chi connectivity index (χ4v) is 1.07. The van der Waals surface area contributed by atoms with E-state index in [2.05, 4.69) is 10.3 Å². The quantitative estimate of drug-likeness (QED) is 0.598. The number of nitrogens with zero attached hydrogens (tertiary/aromatic N) is 1. The average molecular weight is 182 g/mol. The summed E-state index contributed by atoms with van der Waals surface area (Å²) in [6, 6.07) is 5.22. The van der Waals surface area contributed by atoms with Crippen LogP contribution in [0.15, 0.2) is 24.4 Å². The smallest absolute Gasteiger partial charge is 0.123 e. The molecule has 0 amide bonds. The Morgan fingerprint density at radius 3 is 2.77 bits per heavy atom. The van der Waals surface area contributed by atoms with Crippen molar-refractivity contribution >= 4 is 0 Å². The Balaban J connectivity index is 2.62. The van der Waals surface area contributed by atoms with Gasteiger partial charge in [-0.15, -0.1) is 0 Å². The van der Waals surface area contributed by atoms with Crippen molar-refractivity contribution < 1.29 is 10.2 Å². The van der Waals surface area contributed by atoms with Gasteiger partial charge in [-0.1, -0.05) is 6.07 Å². The number of rotatable bonds is 4. The summed E-state index contributed by atoms with van der Waals surface area (Å²) in [4.78, 5) is 3.94. The first-order valence-corrected chi connectivity index (χ1v) is 4.17. The third-order valence-electron chi connectivity index (χ3n) is 1.77. The Kier molecular flexibility index (Phi) is 3.82. The highest BCUT2D eigenvalue weighted by Gasteiger charge is 2.17. The molecule has 4 heteroatoms. The van der Waals surface area contributed by atoms with Crippen molar-refractivity contribution in [2.24, 2.45) is 0 Å². The summed E-state index contributed by atoms with van der Waals surface area (Å²) >= 11 is 0. The zero-order valence-electron chi connectivity index (χ0n) is 7.51. The number of aromatic nitrogens is 1. The fourth-order valence-electron chi connectivity index (χ4n) is 1.07. The molecular weight excluding hydrogens is 168 g/mol. The molecule has 1 rings (SSSR count). The Hall–Kier alpha value is -0.970. The second-order valence-electron chi connectivity index (χ2n) is 2.82. The number of hydrogen-bond acceptors (Lipinski definition) is 4. The van der Waals surface area contributed by atoms with E-state index in [9.17, 15) is 10.2 Å². The third-order valence-corrected chi connectivity index (χ3v) is 1.77. The highest BCUT2D eigenvalue weighted by Crippen LogP contribution is 2.12. The van der Waals surface area contributed by atoms with Crippen LogP contribution >= 0.6 is 0 Å². The van der Waals surface area contributed by atoms with Gasteiger partial charge in [-0.25, -0.2) is 0 Å². The lowest BCUT2D eigenvalue weighted by Crippen LogP contribution is -2.29. The van der Waals surface area contributed by atoms with Gasteiger partial charge in [0.2, 0.25) is 0 Å². The fraction of sp³-hybridized carbons (Fsp3) is 0.444. The molecule has 0 saturated carbocycles. The summed E-state index contributed by atoms with van der Waals surface area (Å²) in [6.07, 6.45) is -0.154. The lowest BCUT2D eigenvalue weighted by atomic mass is 10.1. The maximum absolute atomic E-state index is 9.57. The molecule has 4 nitrogen and oxygen atoms in total. The van der Waals surface area contributed by atoms with Crippen molar-refractivity contribution in [3.63, 3.8) is 0 Å². The van der Waals surface area contributed by atoms with E-state index in [1.54, 1.807) is 31.4 Å². The molecule has 0 aliphatic heterocycles. The molecule has 0 aliphatic rings. The molecule has 3 N–H and O–H groups in total. The molecule has 0 saturated heterocycles. The van der Waals surface area contributed by atoms with Gasteiger partial charge in [0.1, 0.15) is 6.10 Å². The molecule has 0 aliphatic carbocycles. The molecule has 0 aromatic carbocycles. The minimum Gasteiger partial charge on any atom is -0.389 e. The molecule has 72 valence electrons. The lowest BCUT2D eigenvalue weighted by Gasteiger charge is -2.16. The molecule has 13 heavy (non-hydrogen) atoms. The molecule has 1 heterocycles. The molecule has 0 radical (unpaired) electrons. The molecule has 0 spiro atoms. The van der Waals surface area contributed by atoms with Crippen LogP contribution in [-0.4, -0.2) is 34.9 Å². The predicted octanol–water partition coefficient (Wildman–Crippen LogP) is -0.305. The van der Waals surface area contributed by atoms with Crippen molar-refractivity contribution in [3.8, 4) is 0 Å². The standard InChI is InChI=1S/C9H14N2O2/c1-10-6-8(12)9(13)7-4-2-3-5-11-7/h2-5,8-10,12-13H,6H2,1H3. The number of aliphatic hydroxyl groups excluding tert-OH is 2. The molecule has 0 fully saturated rings. The van der Waals surface area contributed by atoms with Gasteiger partial charge in [-0.2, -0.15) is 0 Å². The maximum Gasteiger partial charge on any atom is 0.123 e. The second kappa shape index (κ2) is 4.91. The molecule has 1 aromatic heterocycles. The van der Waals surface area contributed by atoms with Crippen LogP contribution in [0.1, 0.15) is 11.8 Å². The first kappa shape index (κ1) is 10.1. The van der Waals surface area contributed by atoms with Crippen molar-refractivity contribution in [3.05, 3.63) is 30.1 Å². The second-order valence-corrected chi connectivity index (χ2v) is 2.82. The number of nitrogens with one attached hydrogen (secondary N) is 1. The Morgan fingerprint density at radius 1 is 1.46 bits per heavy atom. The van der Waals surface area contributed by atoms with E-state index in [0.717, 1.165) is 0 Å². The van der Waals surface area contributed by atoms with Gasteiger partial charge in [-0.3, -0.25) is 4.98 Å². The van der Waals surface area contributed by atoms with Crippen LogP contribution in [0.2, 0.25) is 0 Å². The van der Waals surface area contributed by atoms with E-state index in [-0.39, 0.29) is 0 Å². The van der Waals surface area contributed by atoms with E-state index < -0.39 is 12.2 Å². The summed E-state index contributed by atoms with van der Waals surface area (Å²) in [5.74, 6) is 0. The monoisotopic (exact) mass is 182 g/mol.